The molecular weight excluding hydrogens is 158 g/mol. The Hall–Kier alpha value is -0.0400. The van der Waals surface area contributed by atoms with Crippen molar-refractivity contribution in [3.05, 3.63) is 0 Å². The second-order valence-corrected chi connectivity index (χ2v) is 5.17. The van der Waals surface area contributed by atoms with Crippen LogP contribution < -0.4 is 0 Å². The molecule has 0 aromatic rings. The number of likely N-dealkylation sites (tertiary alicyclic amines) is 1. The quantitative estimate of drug-likeness (QED) is 0.647. The molecule has 1 saturated carbocycles. The smallest absolute Gasteiger partial charge is 0.00190 e. The lowest BCUT2D eigenvalue weighted by Gasteiger charge is -2.37. The molecule has 1 saturated heterocycles. The second kappa shape index (κ2) is 4.45. The first-order chi connectivity index (χ1) is 6.34. The van der Waals surface area contributed by atoms with Gasteiger partial charge in [-0.15, -0.1) is 0 Å². The predicted molar refractivity (Wildman–Crippen MR) is 56.8 cm³/mol. The minimum Gasteiger partial charge on any atom is -0.306 e. The molecule has 76 valence electrons. The lowest BCUT2D eigenvalue weighted by Crippen LogP contribution is -2.43. The van der Waals surface area contributed by atoms with Gasteiger partial charge in [-0.2, -0.15) is 0 Å². The van der Waals surface area contributed by atoms with Crippen LogP contribution in [0.3, 0.4) is 0 Å². The van der Waals surface area contributed by atoms with Gasteiger partial charge in [0.2, 0.25) is 0 Å². The molecule has 0 spiro atoms. The zero-order valence-electron chi connectivity index (χ0n) is 8.97. The number of rotatable bonds is 3. The normalized spacial score (nSPS) is 27.5. The van der Waals surface area contributed by atoms with Crippen molar-refractivity contribution in [1.82, 2.24) is 4.90 Å². The van der Waals surface area contributed by atoms with Gasteiger partial charge in [0.05, 0.1) is 0 Å². The fourth-order valence-electron chi connectivity index (χ4n) is 2.96. The highest BCUT2D eigenvalue weighted by atomic mass is 15.2. The zero-order chi connectivity index (χ0) is 9.10. The van der Waals surface area contributed by atoms with Gasteiger partial charge in [-0.25, -0.2) is 0 Å². The summed E-state index contributed by atoms with van der Waals surface area (Å²) in [7, 11) is 2.23. The summed E-state index contributed by atoms with van der Waals surface area (Å²) < 4.78 is 0. The first-order valence-electron chi connectivity index (χ1n) is 6.03. The molecule has 0 unspecified atom stereocenters. The molecular formula is C12H23N. The Morgan fingerprint density at radius 3 is 2.15 bits per heavy atom. The molecule has 2 rings (SSSR count). The average Bonchev–Trinajstić information content (AvgIpc) is 2.12. The SMILES string of the molecule is CN1CC(CCC2CCCCC2)C1. The van der Waals surface area contributed by atoms with E-state index in [0.717, 1.165) is 11.8 Å². The van der Waals surface area contributed by atoms with E-state index < -0.39 is 0 Å². The van der Waals surface area contributed by atoms with E-state index >= 15 is 0 Å². The Bertz CT molecular complexity index is 143. The Labute approximate surface area is 82.5 Å². The molecule has 2 aliphatic rings. The molecule has 0 aromatic heterocycles. The van der Waals surface area contributed by atoms with Crippen LogP contribution in [-0.2, 0) is 0 Å². The lowest BCUT2D eigenvalue weighted by atomic mass is 9.83. The van der Waals surface area contributed by atoms with Gasteiger partial charge < -0.3 is 4.90 Å². The highest BCUT2D eigenvalue weighted by Crippen LogP contribution is 2.30. The van der Waals surface area contributed by atoms with Crippen LogP contribution in [0, 0.1) is 11.8 Å². The Morgan fingerprint density at radius 1 is 0.923 bits per heavy atom. The minimum atomic E-state index is 1.05. The summed E-state index contributed by atoms with van der Waals surface area (Å²) in [6.45, 7) is 2.74. The summed E-state index contributed by atoms with van der Waals surface area (Å²) in [6.07, 6.45) is 10.6. The van der Waals surface area contributed by atoms with Crippen molar-refractivity contribution in [2.75, 3.05) is 20.1 Å². The molecule has 1 aliphatic carbocycles. The Morgan fingerprint density at radius 2 is 1.54 bits per heavy atom. The molecule has 13 heavy (non-hydrogen) atoms. The molecule has 1 nitrogen and oxygen atoms in total. The molecule has 0 radical (unpaired) electrons. The number of hydrogen-bond donors (Lipinski definition) is 0. The molecule has 0 atom stereocenters. The van der Waals surface area contributed by atoms with Crippen LogP contribution in [0.15, 0.2) is 0 Å². The fraction of sp³-hybridized carbons (Fsp3) is 1.00. The molecule has 0 amide bonds. The maximum Gasteiger partial charge on any atom is 0.00190 e. The van der Waals surface area contributed by atoms with Crippen LogP contribution in [0.2, 0.25) is 0 Å². The number of hydrogen-bond acceptors (Lipinski definition) is 1. The van der Waals surface area contributed by atoms with E-state index in [1.54, 1.807) is 0 Å². The van der Waals surface area contributed by atoms with E-state index in [2.05, 4.69) is 11.9 Å². The van der Waals surface area contributed by atoms with Crippen molar-refractivity contribution in [2.24, 2.45) is 11.8 Å². The maximum absolute atomic E-state index is 2.44. The first-order valence-corrected chi connectivity index (χ1v) is 6.03. The lowest BCUT2D eigenvalue weighted by molar-refractivity contribution is 0.117. The van der Waals surface area contributed by atoms with Gasteiger partial charge in [0.1, 0.15) is 0 Å². The standard InChI is InChI=1S/C12H23N/c1-13-9-12(10-13)8-7-11-5-3-2-4-6-11/h11-12H,2-10H2,1H3. The monoisotopic (exact) mass is 181 g/mol. The molecule has 1 aliphatic heterocycles. The van der Waals surface area contributed by atoms with Gasteiger partial charge in [0, 0.05) is 13.1 Å². The topological polar surface area (TPSA) is 3.24 Å². The van der Waals surface area contributed by atoms with Crippen molar-refractivity contribution in [1.29, 1.82) is 0 Å². The van der Waals surface area contributed by atoms with Crippen LogP contribution in [-0.4, -0.2) is 25.0 Å². The van der Waals surface area contributed by atoms with Gasteiger partial charge in [-0.1, -0.05) is 38.5 Å². The van der Waals surface area contributed by atoms with E-state index in [4.69, 9.17) is 0 Å². The highest BCUT2D eigenvalue weighted by Gasteiger charge is 2.24. The van der Waals surface area contributed by atoms with E-state index in [1.807, 2.05) is 0 Å². The van der Waals surface area contributed by atoms with Crippen molar-refractivity contribution >= 4 is 0 Å². The summed E-state index contributed by atoms with van der Waals surface area (Å²) in [5.41, 5.74) is 0. The van der Waals surface area contributed by atoms with Gasteiger partial charge in [-0.3, -0.25) is 0 Å². The minimum absolute atomic E-state index is 1.05. The molecule has 2 fully saturated rings. The second-order valence-electron chi connectivity index (χ2n) is 5.17. The fourth-order valence-corrected chi connectivity index (χ4v) is 2.96. The van der Waals surface area contributed by atoms with Crippen LogP contribution in [0.1, 0.15) is 44.9 Å². The van der Waals surface area contributed by atoms with Gasteiger partial charge >= 0.3 is 0 Å². The highest BCUT2D eigenvalue weighted by molar-refractivity contribution is 4.78. The zero-order valence-corrected chi connectivity index (χ0v) is 8.97. The number of nitrogens with zero attached hydrogens (tertiary/aromatic N) is 1. The van der Waals surface area contributed by atoms with Gasteiger partial charge in [0.25, 0.3) is 0 Å². The molecule has 1 heterocycles. The third-order valence-electron chi connectivity index (χ3n) is 3.85. The molecule has 1 heteroatoms. The van der Waals surface area contributed by atoms with Gasteiger partial charge in [0.15, 0.2) is 0 Å². The van der Waals surface area contributed by atoms with Crippen molar-refractivity contribution in [2.45, 2.75) is 44.9 Å². The summed E-state index contributed by atoms with van der Waals surface area (Å²) in [5, 5.41) is 0. The average molecular weight is 181 g/mol. The maximum atomic E-state index is 2.44. The van der Waals surface area contributed by atoms with Crippen molar-refractivity contribution in [3.8, 4) is 0 Å². The van der Waals surface area contributed by atoms with Crippen molar-refractivity contribution in [3.63, 3.8) is 0 Å². The van der Waals surface area contributed by atoms with E-state index in [-0.39, 0.29) is 0 Å². The summed E-state index contributed by atoms with van der Waals surface area (Å²) in [5.74, 6) is 2.14. The molecule has 0 N–H and O–H groups in total. The third-order valence-corrected chi connectivity index (χ3v) is 3.85. The molecule has 0 bridgehead atoms. The van der Waals surface area contributed by atoms with Crippen LogP contribution in [0.25, 0.3) is 0 Å². The van der Waals surface area contributed by atoms with Crippen molar-refractivity contribution < 1.29 is 0 Å². The third kappa shape index (κ3) is 2.70. The van der Waals surface area contributed by atoms with Crippen LogP contribution in [0.4, 0.5) is 0 Å². The summed E-state index contributed by atoms with van der Waals surface area (Å²) >= 11 is 0. The summed E-state index contributed by atoms with van der Waals surface area (Å²) in [6, 6.07) is 0. The molecule has 0 aromatic carbocycles. The summed E-state index contributed by atoms with van der Waals surface area (Å²) in [4.78, 5) is 2.44. The largest absolute Gasteiger partial charge is 0.306 e. The Kier molecular flexibility index (Phi) is 3.26. The Balaban J connectivity index is 1.56. The van der Waals surface area contributed by atoms with Crippen LogP contribution >= 0.6 is 0 Å². The first kappa shape index (κ1) is 9.51. The van der Waals surface area contributed by atoms with E-state index in [0.29, 0.717) is 0 Å². The van der Waals surface area contributed by atoms with Gasteiger partial charge in [-0.05, 0) is 25.3 Å². The van der Waals surface area contributed by atoms with Crippen LogP contribution in [0.5, 0.6) is 0 Å². The predicted octanol–water partition coefficient (Wildman–Crippen LogP) is 2.91. The van der Waals surface area contributed by atoms with E-state index in [1.165, 1.54) is 58.0 Å². The van der Waals surface area contributed by atoms with E-state index in [9.17, 15) is 0 Å².